The number of anilines is 1. The summed E-state index contributed by atoms with van der Waals surface area (Å²) in [6.45, 7) is 0. The number of benzene rings is 1. The number of nitrogens with two attached hydrogens (primary N) is 1. The summed E-state index contributed by atoms with van der Waals surface area (Å²) in [5.74, 6) is -0.531. The summed E-state index contributed by atoms with van der Waals surface area (Å²) in [4.78, 5) is 22.4. The average Bonchev–Trinajstić information content (AvgIpc) is 2.48. The van der Waals surface area contributed by atoms with E-state index < -0.39 is 17.2 Å². The van der Waals surface area contributed by atoms with Gasteiger partial charge in [0.15, 0.2) is 0 Å². The van der Waals surface area contributed by atoms with Crippen molar-refractivity contribution in [2.45, 2.75) is 0 Å². The van der Waals surface area contributed by atoms with Crippen LogP contribution in [0.15, 0.2) is 27.8 Å². The molecule has 0 fully saturated rings. The highest BCUT2D eigenvalue weighted by Crippen LogP contribution is 2.14. The quantitative estimate of drug-likeness (QED) is 0.557. The highest BCUT2D eigenvalue weighted by molar-refractivity contribution is 5.57. The van der Waals surface area contributed by atoms with Crippen molar-refractivity contribution >= 4 is 5.69 Å². The van der Waals surface area contributed by atoms with Crippen LogP contribution in [0.3, 0.4) is 0 Å². The molecule has 7 heteroatoms. The Bertz CT molecular complexity index is 582. The first-order valence-corrected chi connectivity index (χ1v) is 4.04. The van der Waals surface area contributed by atoms with Crippen LogP contribution in [0, 0.1) is 5.82 Å². The third-order valence-electron chi connectivity index (χ3n) is 1.91. The van der Waals surface area contributed by atoms with Crippen molar-refractivity contribution in [1.82, 2.24) is 14.8 Å². The molecule has 0 saturated carbocycles. The molecule has 15 heavy (non-hydrogen) atoms. The van der Waals surface area contributed by atoms with Gasteiger partial charge in [0.05, 0.1) is 11.4 Å². The predicted molar refractivity (Wildman–Crippen MR) is 51.4 cm³/mol. The molecular weight excluding hydrogens is 203 g/mol. The van der Waals surface area contributed by atoms with Gasteiger partial charge in [-0.3, -0.25) is 0 Å². The summed E-state index contributed by atoms with van der Waals surface area (Å²) in [6, 6.07) is 3.41. The lowest BCUT2D eigenvalue weighted by Gasteiger charge is -2.03. The van der Waals surface area contributed by atoms with Crippen LogP contribution in [0.4, 0.5) is 10.1 Å². The number of rotatable bonds is 1. The van der Waals surface area contributed by atoms with Crippen molar-refractivity contribution in [2.75, 3.05) is 5.73 Å². The highest BCUT2D eigenvalue weighted by Gasteiger charge is 2.09. The third kappa shape index (κ3) is 1.43. The standard InChI is InChI=1S/C8H7FN4O2/c9-4-1-2-6(5(10)3-4)13-7(14)11-12-8(13)15/h1-3H,10H2,(H,11,14)(H,12,15). The van der Waals surface area contributed by atoms with Crippen molar-refractivity contribution in [2.24, 2.45) is 0 Å². The van der Waals surface area contributed by atoms with E-state index in [1.165, 1.54) is 6.07 Å². The summed E-state index contributed by atoms with van der Waals surface area (Å²) in [7, 11) is 0. The van der Waals surface area contributed by atoms with Crippen LogP contribution in [-0.2, 0) is 0 Å². The van der Waals surface area contributed by atoms with Gasteiger partial charge in [-0.2, -0.15) is 0 Å². The van der Waals surface area contributed by atoms with E-state index in [0.717, 1.165) is 16.7 Å². The normalized spacial score (nSPS) is 10.5. The van der Waals surface area contributed by atoms with E-state index in [9.17, 15) is 14.0 Å². The Labute approximate surface area is 82.1 Å². The van der Waals surface area contributed by atoms with Crippen LogP contribution in [0.25, 0.3) is 5.69 Å². The molecule has 0 aliphatic carbocycles. The minimum absolute atomic E-state index is 0.0159. The number of nitrogens with one attached hydrogen (secondary N) is 2. The molecule has 0 saturated heterocycles. The minimum Gasteiger partial charge on any atom is -0.397 e. The zero-order chi connectivity index (χ0) is 11.0. The van der Waals surface area contributed by atoms with E-state index in [0.29, 0.717) is 0 Å². The topological polar surface area (TPSA) is 96.7 Å². The lowest BCUT2D eigenvalue weighted by atomic mass is 10.2. The van der Waals surface area contributed by atoms with Gasteiger partial charge in [0.1, 0.15) is 5.82 Å². The van der Waals surface area contributed by atoms with E-state index in [-0.39, 0.29) is 11.4 Å². The molecule has 0 amide bonds. The van der Waals surface area contributed by atoms with Gasteiger partial charge >= 0.3 is 11.4 Å². The Morgan fingerprint density at radius 2 is 1.80 bits per heavy atom. The van der Waals surface area contributed by atoms with E-state index in [1.807, 2.05) is 0 Å². The number of hydrogen-bond acceptors (Lipinski definition) is 3. The first kappa shape index (κ1) is 9.25. The Morgan fingerprint density at radius 1 is 1.20 bits per heavy atom. The second kappa shape index (κ2) is 3.12. The maximum absolute atomic E-state index is 12.7. The molecule has 0 spiro atoms. The maximum Gasteiger partial charge on any atom is 0.349 e. The van der Waals surface area contributed by atoms with Crippen molar-refractivity contribution < 1.29 is 4.39 Å². The number of H-pyrrole nitrogens is 2. The fourth-order valence-corrected chi connectivity index (χ4v) is 1.26. The van der Waals surface area contributed by atoms with Gasteiger partial charge in [0, 0.05) is 0 Å². The average molecular weight is 210 g/mol. The number of aromatic amines is 2. The smallest absolute Gasteiger partial charge is 0.349 e. The van der Waals surface area contributed by atoms with Gasteiger partial charge in [0.25, 0.3) is 0 Å². The SMILES string of the molecule is Nc1cc(F)ccc1-n1c(=O)[nH][nH]c1=O. The van der Waals surface area contributed by atoms with Gasteiger partial charge in [-0.25, -0.2) is 28.7 Å². The summed E-state index contributed by atoms with van der Waals surface area (Å²) in [5.41, 5.74) is 4.33. The van der Waals surface area contributed by atoms with E-state index in [1.54, 1.807) is 0 Å². The first-order valence-electron chi connectivity index (χ1n) is 4.04. The minimum atomic E-state index is -0.654. The number of hydrogen-bond donors (Lipinski definition) is 3. The molecule has 2 aromatic rings. The van der Waals surface area contributed by atoms with E-state index in [2.05, 4.69) is 10.2 Å². The summed E-state index contributed by atoms with van der Waals surface area (Å²) in [6.07, 6.45) is 0. The molecule has 78 valence electrons. The molecule has 0 atom stereocenters. The molecule has 2 rings (SSSR count). The Hall–Kier alpha value is -2.31. The molecule has 1 aromatic heterocycles. The van der Waals surface area contributed by atoms with Crippen molar-refractivity contribution in [3.8, 4) is 5.69 Å². The summed E-state index contributed by atoms with van der Waals surface area (Å²) >= 11 is 0. The van der Waals surface area contributed by atoms with Crippen LogP contribution < -0.4 is 17.1 Å². The number of nitrogen functional groups attached to an aromatic ring is 1. The fraction of sp³-hybridized carbons (Fsp3) is 0. The largest absolute Gasteiger partial charge is 0.397 e. The molecule has 0 unspecified atom stereocenters. The van der Waals surface area contributed by atoms with Gasteiger partial charge in [-0.15, -0.1) is 0 Å². The molecule has 6 nitrogen and oxygen atoms in total. The van der Waals surface area contributed by atoms with Crippen LogP contribution in [-0.4, -0.2) is 14.8 Å². The number of aromatic nitrogens is 3. The predicted octanol–water partition coefficient (Wildman–Crippen LogP) is -0.425. The van der Waals surface area contributed by atoms with Gasteiger partial charge in [-0.1, -0.05) is 0 Å². The second-order valence-electron chi connectivity index (χ2n) is 2.90. The van der Waals surface area contributed by atoms with Crippen LogP contribution in [0.1, 0.15) is 0 Å². The molecule has 4 N–H and O–H groups in total. The van der Waals surface area contributed by atoms with Gasteiger partial charge in [0.2, 0.25) is 0 Å². The molecule has 1 aromatic carbocycles. The van der Waals surface area contributed by atoms with Crippen LogP contribution in [0.2, 0.25) is 0 Å². The lowest BCUT2D eigenvalue weighted by molar-refractivity contribution is 0.628. The Morgan fingerprint density at radius 3 is 2.33 bits per heavy atom. The Kier molecular flexibility index (Phi) is 1.93. The van der Waals surface area contributed by atoms with Crippen LogP contribution in [0.5, 0.6) is 0 Å². The lowest BCUT2D eigenvalue weighted by Crippen LogP contribution is -2.25. The van der Waals surface area contributed by atoms with E-state index in [4.69, 9.17) is 5.73 Å². The highest BCUT2D eigenvalue weighted by atomic mass is 19.1. The molecule has 0 aliphatic rings. The molecule has 0 radical (unpaired) electrons. The van der Waals surface area contributed by atoms with Gasteiger partial charge in [-0.05, 0) is 18.2 Å². The molecule has 0 aliphatic heterocycles. The molecule has 0 bridgehead atoms. The zero-order valence-corrected chi connectivity index (χ0v) is 7.45. The first-order chi connectivity index (χ1) is 7.09. The van der Waals surface area contributed by atoms with Crippen molar-refractivity contribution in [3.63, 3.8) is 0 Å². The second-order valence-corrected chi connectivity index (χ2v) is 2.90. The zero-order valence-electron chi connectivity index (χ0n) is 7.45. The number of nitrogens with zero attached hydrogens (tertiary/aromatic N) is 1. The van der Waals surface area contributed by atoms with Crippen molar-refractivity contribution in [1.29, 1.82) is 0 Å². The fourth-order valence-electron chi connectivity index (χ4n) is 1.26. The third-order valence-corrected chi connectivity index (χ3v) is 1.91. The van der Waals surface area contributed by atoms with Gasteiger partial charge < -0.3 is 5.73 Å². The molecule has 1 heterocycles. The van der Waals surface area contributed by atoms with Crippen LogP contribution >= 0.6 is 0 Å². The summed E-state index contributed by atoms with van der Waals surface area (Å²) in [5, 5.41) is 4.20. The Balaban J connectivity index is 2.75. The maximum atomic E-state index is 12.7. The number of halogens is 1. The monoisotopic (exact) mass is 210 g/mol. The van der Waals surface area contributed by atoms with E-state index >= 15 is 0 Å². The van der Waals surface area contributed by atoms with Crippen molar-refractivity contribution in [3.05, 3.63) is 45.0 Å². The summed E-state index contributed by atoms with van der Waals surface area (Å²) < 4.78 is 13.5. The molecular formula is C8H7FN4O2.